The van der Waals surface area contributed by atoms with Gasteiger partial charge in [-0.3, -0.25) is 9.69 Å². The summed E-state index contributed by atoms with van der Waals surface area (Å²) in [5, 5.41) is 12.0. The molecule has 0 radical (unpaired) electrons. The molecular weight excluding hydrogens is 308 g/mol. The average Bonchev–Trinajstić information content (AvgIpc) is 3.38. The first-order valence-corrected chi connectivity index (χ1v) is 8.53. The van der Waals surface area contributed by atoms with Crippen molar-refractivity contribution in [2.24, 2.45) is 5.92 Å². The summed E-state index contributed by atoms with van der Waals surface area (Å²) >= 11 is 0. The van der Waals surface area contributed by atoms with Crippen molar-refractivity contribution in [2.45, 2.75) is 44.4 Å². The number of hydrogen-bond acceptors (Lipinski definition) is 4. The Balaban J connectivity index is 1.50. The number of benzene rings is 1. The Hall–Kier alpha value is -2.08. The number of hydrogen-bond donors (Lipinski definition) is 2. The van der Waals surface area contributed by atoms with Gasteiger partial charge in [-0.15, -0.1) is 0 Å². The molecule has 1 aromatic carbocycles. The molecule has 2 unspecified atom stereocenters. The van der Waals surface area contributed by atoms with Crippen molar-refractivity contribution in [2.75, 3.05) is 13.1 Å². The first kappa shape index (κ1) is 16.8. The van der Waals surface area contributed by atoms with E-state index in [-0.39, 0.29) is 25.0 Å². The lowest BCUT2D eigenvalue weighted by Crippen LogP contribution is -2.51. The van der Waals surface area contributed by atoms with Crippen LogP contribution in [0, 0.1) is 5.92 Å². The molecule has 24 heavy (non-hydrogen) atoms. The maximum Gasteiger partial charge on any atom is 0.407 e. The molecule has 1 aliphatic carbocycles. The average molecular weight is 332 g/mol. The van der Waals surface area contributed by atoms with E-state index in [1.807, 2.05) is 30.3 Å². The standard InChI is InChI=1S/C18H24N2O4/c21-17(22)9-14-8-15(11-20(10-14)16-6-7-16)19-18(23)24-12-13-4-2-1-3-5-13/h1-5,14-16H,6-12H2,(H,19,23)(H,21,22). The van der Waals surface area contributed by atoms with Gasteiger partial charge in [-0.25, -0.2) is 4.79 Å². The summed E-state index contributed by atoms with van der Waals surface area (Å²) in [6.45, 7) is 1.83. The summed E-state index contributed by atoms with van der Waals surface area (Å²) in [7, 11) is 0. The minimum atomic E-state index is -0.775. The highest BCUT2D eigenvalue weighted by Gasteiger charge is 2.37. The normalized spacial score (nSPS) is 24.3. The van der Waals surface area contributed by atoms with Gasteiger partial charge in [0.25, 0.3) is 0 Å². The molecule has 2 atom stereocenters. The zero-order valence-electron chi connectivity index (χ0n) is 13.7. The number of carboxylic acid groups (broad SMARTS) is 1. The summed E-state index contributed by atoms with van der Waals surface area (Å²) in [5.74, 6) is -0.695. The van der Waals surface area contributed by atoms with Gasteiger partial charge in [0, 0.05) is 31.6 Å². The van der Waals surface area contributed by atoms with Crippen molar-refractivity contribution in [3.63, 3.8) is 0 Å². The van der Waals surface area contributed by atoms with Crippen LogP contribution in [0.25, 0.3) is 0 Å². The Kier molecular flexibility index (Phi) is 5.35. The fourth-order valence-corrected chi connectivity index (χ4v) is 3.41. The van der Waals surface area contributed by atoms with Crippen molar-refractivity contribution in [1.29, 1.82) is 0 Å². The number of carbonyl (C=O) groups excluding carboxylic acids is 1. The van der Waals surface area contributed by atoms with E-state index in [1.165, 1.54) is 12.8 Å². The second kappa shape index (κ2) is 7.66. The lowest BCUT2D eigenvalue weighted by molar-refractivity contribution is -0.138. The number of amides is 1. The number of nitrogens with zero attached hydrogens (tertiary/aromatic N) is 1. The lowest BCUT2D eigenvalue weighted by Gasteiger charge is -2.37. The molecule has 1 aromatic rings. The Bertz CT molecular complexity index is 574. The van der Waals surface area contributed by atoms with Crippen LogP contribution in [0.2, 0.25) is 0 Å². The SMILES string of the molecule is O=C(O)CC1CC(NC(=O)OCc2ccccc2)CN(C2CC2)C1. The molecule has 1 heterocycles. The van der Waals surface area contributed by atoms with Crippen LogP contribution in [0.5, 0.6) is 0 Å². The number of piperidine rings is 1. The van der Waals surface area contributed by atoms with E-state index in [0.29, 0.717) is 12.5 Å². The summed E-state index contributed by atoms with van der Waals surface area (Å²) in [6.07, 6.45) is 2.75. The Morgan fingerprint density at radius 1 is 1.21 bits per heavy atom. The van der Waals surface area contributed by atoms with E-state index in [4.69, 9.17) is 9.84 Å². The van der Waals surface area contributed by atoms with Crippen LogP contribution in [0.15, 0.2) is 30.3 Å². The third-order valence-corrected chi connectivity index (χ3v) is 4.63. The Morgan fingerprint density at radius 2 is 1.96 bits per heavy atom. The number of ether oxygens (including phenoxy) is 1. The minimum absolute atomic E-state index is 0.0491. The van der Waals surface area contributed by atoms with E-state index < -0.39 is 12.1 Å². The van der Waals surface area contributed by atoms with Crippen LogP contribution in [0.3, 0.4) is 0 Å². The van der Waals surface area contributed by atoms with Gasteiger partial charge < -0.3 is 15.2 Å². The van der Waals surface area contributed by atoms with Gasteiger partial charge >= 0.3 is 12.1 Å². The molecule has 2 fully saturated rings. The van der Waals surface area contributed by atoms with Crippen LogP contribution < -0.4 is 5.32 Å². The Labute approximate surface area is 141 Å². The van der Waals surface area contributed by atoms with Crippen LogP contribution in [0.4, 0.5) is 4.79 Å². The number of rotatable bonds is 6. The second-order valence-corrected chi connectivity index (χ2v) is 6.79. The van der Waals surface area contributed by atoms with E-state index in [0.717, 1.165) is 18.7 Å². The fraction of sp³-hybridized carbons (Fsp3) is 0.556. The van der Waals surface area contributed by atoms with Crippen molar-refractivity contribution in [1.82, 2.24) is 10.2 Å². The fourth-order valence-electron chi connectivity index (χ4n) is 3.41. The zero-order valence-corrected chi connectivity index (χ0v) is 13.7. The van der Waals surface area contributed by atoms with Crippen molar-refractivity contribution < 1.29 is 19.4 Å². The minimum Gasteiger partial charge on any atom is -0.481 e. The van der Waals surface area contributed by atoms with Gasteiger partial charge in [-0.1, -0.05) is 30.3 Å². The van der Waals surface area contributed by atoms with Gasteiger partial charge in [0.1, 0.15) is 6.61 Å². The molecule has 130 valence electrons. The summed E-state index contributed by atoms with van der Waals surface area (Å²) in [6, 6.07) is 10.1. The predicted octanol–water partition coefficient (Wildman–Crippen LogP) is 2.24. The molecule has 3 rings (SSSR count). The van der Waals surface area contributed by atoms with Crippen molar-refractivity contribution in [3.8, 4) is 0 Å². The molecule has 2 N–H and O–H groups in total. The monoisotopic (exact) mass is 332 g/mol. The topological polar surface area (TPSA) is 78.9 Å². The zero-order chi connectivity index (χ0) is 16.9. The van der Waals surface area contributed by atoms with E-state index in [1.54, 1.807) is 0 Å². The van der Waals surface area contributed by atoms with E-state index in [2.05, 4.69) is 10.2 Å². The molecule has 0 bridgehead atoms. The second-order valence-electron chi connectivity index (χ2n) is 6.79. The Morgan fingerprint density at radius 3 is 2.62 bits per heavy atom. The highest BCUT2D eigenvalue weighted by atomic mass is 16.5. The molecule has 1 saturated carbocycles. The molecule has 1 saturated heterocycles. The number of alkyl carbamates (subject to hydrolysis) is 1. The maximum absolute atomic E-state index is 12.0. The highest BCUT2D eigenvalue weighted by Crippen LogP contribution is 2.32. The molecule has 0 aromatic heterocycles. The molecule has 0 spiro atoms. The number of carboxylic acids is 1. The largest absolute Gasteiger partial charge is 0.481 e. The van der Waals surface area contributed by atoms with Crippen LogP contribution in [-0.2, 0) is 16.1 Å². The smallest absolute Gasteiger partial charge is 0.407 e. The first-order valence-electron chi connectivity index (χ1n) is 8.53. The maximum atomic E-state index is 12.0. The number of carbonyl (C=O) groups is 2. The highest BCUT2D eigenvalue weighted by molar-refractivity contribution is 5.68. The van der Waals surface area contributed by atoms with Gasteiger partial charge in [-0.2, -0.15) is 0 Å². The molecular formula is C18H24N2O4. The van der Waals surface area contributed by atoms with Gasteiger partial charge in [0.2, 0.25) is 0 Å². The number of nitrogens with one attached hydrogen (secondary N) is 1. The molecule has 1 aliphatic heterocycles. The lowest BCUT2D eigenvalue weighted by atomic mass is 9.91. The van der Waals surface area contributed by atoms with Gasteiger partial charge in [0.15, 0.2) is 0 Å². The quantitative estimate of drug-likeness (QED) is 0.835. The van der Waals surface area contributed by atoms with Crippen LogP contribution in [0.1, 0.15) is 31.2 Å². The van der Waals surface area contributed by atoms with Crippen molar-refractivity contribution >= 4 is 12.1 Å². The third-order valence-electron chi connectivity index (χ3n) is 4.63. The molecule has 2 aliphatic rings. The number of likely N-dealkylation sites (tertiary alicyclic amines) is 1. The molecule has 6 heteroatoms. The third kappa shape index (κ3) is 4.96. The van der Waals surface area contributed by atoms with Crippen molar-refractivity contribution in [3.05, 3.63) is 35.9 Å². The molecule has 1 amide bonds. The van der Waals surface area contributed by atoms with E-state index in [9.17, 15) is 9.59 Å². The van der Waals surface area contributed by atoms with Crippen LogP contribution in [-0.4, -0.2) is 47.2 Å². The molecule has 6 nitrogen and oxygen atoms in total. The predicted molar refractivity (Wildman–Crippen MR) is 88.5 cm³/mol. The van der Waals surface area contributed by atoms with Gasteiger partial charge in [0.05, 0.1) is 0 Å². The first-order chi connectivity index (χ1) is 11.6. The summed E-state index contributed by atoms with van der Waals surface area (Å²) in [4.78, 5) is 25.4. The number of aliphatic carboxylic acids is 1. The summed E-state index contributed by atoms with van der Waals surface area (Å²) < 4.78 is 5.27. The van der Waals surface area contributed by atoms with Crippen LogP contribution >= 0.6 is 0 Å². The summed E-state index contributed by atoms with van der Waals surface area (Å²) in [5.41, 5.74) is 0.944. The van der Waals surface area contributed by atoms with E-state index >= 15 is 0 Å². The van der Waals surface area contributed by atoms with Gasteiger partial charge in [-0.05, 0) is 30.7 Å².